The van der Waals surface area contributed by atoms with Crippen molar-refractivity contribution in [3.05, 3.63) is 15.9 Å². The first-order valence-electron chi connectivity index (χ1n) is 6.17. The minimum Gasteiger partial charge on any atom is -0.362 e. The van der Waals surface area contributed by atoms with Crippen LogP contribution in [0.1, 0.15) is 29.5 Å². The fraction of sp³-hybridized carbons (Fsp3) is 0.545. The minimum atomic E-state index is -5.27. The molecule has 2 rings (SSSR count). The van der Waals surface area contributed by atoms with Crippen LogP contribution in [-0.2, 0) is 13.2 Å². The molecular weight excluding hydrogens is 414 g/mol. The van der Waals surface area contributed by atoms with Crippen LogP contribution in [0, 0.1) is 0 Å². The first kappa shape index (κ1) is 18.7. The smallest absolute Gasteiger partial charge is 0.362 e. The van der Waals surface area contributed by atoms with E-state index in [4.69, 9.17) is 0 Å². The highest BCUT2D eigenvalue weighted by atomic mass is 79.9. The van der Waals surface area contributed by atoms with Gasteiger partial charge in [0.1, 0.15) is 0 Å². The summed E-state index contributed by atoms with van der Waals surface area (Å²) < 4.78 is 77.4. The standard InChI is InChI=1S/C11H9BrF6N4O2/c1-4-3-9(24,11(16,17)18)22(19-4)8(23)6-5(12)7(10(13,14)15)21(2)20-6/h24H,3H2,1-2H3. The van der Waals surface area contributed by atoms with Crippen LogP contribution in [0.4, 0.5) is 26.3 Å². The third-order valence-electron chi connectivity index (χ3n) is 3.23. The van der Waals surface area contributed by atoms with Crippen molar-refractivity contribution in [3.63, 3.8) is 0 Å². The average Bonchev–Trinajstić information content (AvgIpc) is 2.84. The summed E-state index contributed by atoms with van der Waals surface area (Å²) in [5, 5.41) is 16.1. The SMILES string of the molecule is CC1=NN(C(=O)c2nn(C)c(C(F)(F)F)c2Br)C(O)(C(F)(F)F)C1. The lowest BCUT2D eigenvalue weighted by molar-refractivity contribution is -0.297. The molecule has 0 aliphatic carbocycles. The maximum absolute atomic E-state index is 13.1. The second-order valence-electron chi connectivity index (χ2n) is 5.08. The van der Waals surface area contributed by atoms with Gasteiger partial charge in [-0.25, -0.2) is 0 Å². The number of halogens is 7. The molecule has 2 heterocycles. The molecule has 1 unspecified atom stereocenters. The highest BCUT2D eigenvalue weighted by Crippen LogP contribution is 2.42. The highest BCUT2D eigenvalue weighted by molar-refractivity contribution is 9.10. The van der Waals surface area contributed by atoms with Crippen LogP contribution < -0.4 is 0 Å². The molecule has 1 atom stereocenters. The normalized spacial score (nSPS) is 22.1. The molecule has 6 nitrogen and oxygen atoms in total. The molecule has 0 saturated carbocycles. The minimum absolute atomic E-state index is 0.216. The number of carbonyl (C=O) groups is 1. The van der Waals surface area contributed by atoms with Gasteiger partial charge in [-0.05, 0) is 22.9 Å². The number of hydrogen-bond acceptors (Lipinski definition) is 4. The van der Waals surface area contributed by atoms with Gasteiger partial charge in [0.2, 0.25) is 0 Å². The monoisotopic (exact) mass is 422 g/mol. The molecule has 0 bridgehead atoms. The summed E-state index contributed by atoms with van der Waals surface area (Å²) in [5.41, 5.74) is -6.18. The summed E-state index contributed by atoms with van der Waals surface area (Å²) in [7, 11) is 0.874. The van der Waals surface area contributed by atoms with E-state index in [1.807, 2.05) is 0 Å². The van der Waals surface area contributed by atoms with E-state index in [-0.39, 0.29) is 10.7 Å². The number of aromatic nitrogens is 2. The Bertz CT molecular complexity index is 725. The number of nitrogens with zero attached hydrogens (tertiary/aromatic N) is 4. The van der Waals surface area contributed by atoms with Crippen molar-refractivity contribution >= 4 is 27.5 Å². The molecule has 1 aromatic heterocycles. The summed E-state index contributed by atoms with van der Waals surface area (Å²) in [5.74, 6) is -1.62. The Morgan fingerprint density at radius 2 is 1.83 bits per heavy atom. The van der Waals surface area contributed by atoms with E-state index in [1.54, 1.807) is 0 Å². The van der Waals surface area contributed by atoms with Gasteiger partial charge >= 0.3 is 12.4 Å². The Morgan fingerprint density at radius 1 is 1.29 bits per heavy atom. The molecule has 24 heavy (non-hydrogen) atoms. The molecular formula is C11H9BrF6N4O2. The summed E-state index contributed by atoms with van der Waals surface area (Å²) in [6, 6.07) is 0. The van der Waals surface area contributed by atoms with E-state index < -0.39 is 46.3 Å². The van der Waals surface area contributed by atoms with Crippen LogP contribution in [0.25, 0.3) is 0 Å². The third kappa shape index (κ3) is 2.79. The quantitative estimate of drug-likeness (QED) is 0.707. The van der Waals surface area contributed by atoms with Gasteiger partial charge in [0.25, 0.3) is 11.6 Å². The van der Waals surface area contributed by atoms with E-state index in [0.29, 0.717) is 4.68 Å². The molecule has 1 aromatic rings. The third-order valence-corrected chi connectivity index (χ3v) is 3.98. The number of hydrogen-bond donors (Lipinski definition) is 1. The zero-order valence-electron chi connectivity index (χ0n) is 12.0. The van der Waals surface area contributed by atoms with Gasteiger partial charge in [-0.1, -0.05) is 0 Å². The number of carbonyl (C=O) groups excluding carboxylic acids is 1. The second kappa shape index (κ2) is 5.44. The molecule has 1 aliphatic rings. The predicted molar refractivity (Wildman–Crippen MR) is 70.8 cm³/mol. The molecule has 0 spiro atoms. The van der Waals surface area contributed by atoms with Crippen LogP contribution in [0.2, 0.25) is 0 Å². The lowest BCUT2D eigenvalue weighted by Gasteiger charge is -2.32. The van der Waals surface area contributed by atoms with Crippen LogP contribution in [0.3, 0.4) is 0 Å². The zero-order valence-corrected chi connectivity index (χ0v) is 13.6. The Balaban J connectivity index is 2.53. The van der Waals surface area contributed by atoms with Gasteiger partial charge in [-0.15, -0.1) is 0 Å². The van der Waals surface area contributed by atoms with E-state index in [1.165, 1.54) is 0 Å². The van der Waals surface area contributed by atoms with Gasteiger partial charge in [0.15, 0.2) is 11.4 Å². The Labute approximate surface area is 138 Å². The van der Waals surface area contributed by atoms with Crippen molar-refractivity contribution in [2.24, 2.45) is 12.1 Å². The Kier molecular flexibility index (Phi) is 4.24. The summed E-state index contributed by atoms with van der Waals surface area (Å²) in [6.45, 7) is 1.14. The number of alkyl halides is 6. The van der Waals surface area contributed by atoms with Crippen LogP contribution in [-0.4, -0.2) is 43.4 Å². The van der Waals surface area contributed by atoms with Gasteiger partial charge in [0.05, 0.1) is 4.47 Å². The lowest BCUT2D eigenvalue weighted by atomic mass is 10.1. The van der Waals surface area contributed by atoms with Crippen molar-refractivity contribution in [3.8, 4) is 0 Å². The number of hydrazone groups is 1. The van der Waals surface area contributed by atoms with E-state index in [2.05, 4.69) is 26.1 Å². The molecule has 1 N–H and O–H groups in total. The fourth-order valence-corrected chi connectivity index (χ4v) is 2.93. The molecule has 1 amide bonds. The zero-order chi connectivity index (χ0) is 18.7. The van der Waals surface area contributed by atoms with Crippen LogP contribution in [0.5, 0.6) is 0 Å². The summed E-state index contributed by atoms with van der Waals surface area (Å²) >= 11 is 2.53. The predicted octanol–water partition coefficient (Wildman–Crippen LogP) is 2.67. The molecule has 13 heteroatoms. The highest BCUT2D eigenvalue weighted by Gasteiger charge is 2.63. The van der Waals surface area contributed by atoms with E-state index in [0.717, 1.165) is 14.0 Å². The van der Waals surface area contributed by atoms with Crippen LogP contribution >= 0.6 is 15.9 Å². The number of aryl methyl sites for hydroxylation is 1. The molecule has 0 fully saturated rings. The first-order chi connectivity index (χ1) is 10.7. The topological polar surface area (TPSA) is 70.7 Å². The van der Waals surface area contributed by atoms with Crippen LogP contribution in [0.15, 0.2) is 9.57 Å². The number of aliphatic hydroxyl groups is 1. The number of rotatable bonds is 1. The summed E-state index contributed by atoms with van der Waals surface area (Å²) in [6.07, 6.45) is -11.2. The molecule has 134 valence electrons. The largest absolute Gasteiger partial charge is 0.438 e. The van der Waals surface area contributed by atoms with Gasteiger partial charge in [-0.3, -0.25) is 9.48 Å². The fourth-order valence-electron chi connectivity index (χ4n) is 2.20. The lowest BCUT2D eigenvalue weighted by Crippen LogP contribution is -2.56. The van der Waals surface area contributed by atoms with Crippen molar-refractivity contribution in [2.75, 3.05) is 0 Å². The van der Waals surface area contributed by atoms with E-state index in [9.17, 15) is 36.2 Å². The maximum atomic E-state index is 13.1. The molecule has 0 saturated heterocycles. The van der Waals surface area contributed by atoms with Gasteiger partial charge in [0, 0.05) is 19.2 Å². The maximum Gasteiger partial charge on any atom is 0.438 e. The Morgan fingerprint density at radius 3 is 2.25 bits per heavy atom. The van der Waals surface area contributed by atoms with E-state index >= 15 is 0 Å². The van der Waals surface area contributed by atoms with Gasteiger partial charge < -0.3 is 5.11 Å². The molecule has 0 radical (unpaired) electrons. The van der Waals surface area contributed by atoms with Crippen molar-refractivity contribution in [1.29, 1.82) is 0 Å². The molecule has 0 aromatic carbocycles. The van der Waals surface area contributed by atoms with Crippen molar-refractivity contribution in [2.45, 2.75) is 31.4 Å². The second-order valence-corrected chi connectivity index (χ2v) is 5.87. The number of amides is 1. The van der Waals surface area contributed by atoms with Crippen molar-refractivity contribution < 1.29 is 36.2 Å². The molecule has 1 aliphatic heterocycles. The van der Waals surface area contributed by atoms with Crippen molar-refractivity contribution in [1.82, 2.24) is 14.8 Å². The summed E-state index contributed by atoms with van der Waals surface area (Å²) in [4.78, 5) is 12.3. The first-order valence-corrected chi connectivity index (χ1v) is 6.97. The average molecular weight is 423 g/mol. The Hall–Kier alpha value is -1.63. The van der Waals surface area contributed by atoms with Gasteiger partial charge in [-0.2, -0.15) is 41.6 Å².